The van der Waals surface area contributed by atoms with Gasteiger partial charge in [-0.1, -0.05) is 31.2 Å². The number of aromatic nitrogens is 2. The van der Waals surface area contributed by atoms with Crippen molar-refractivity contribution in [2.75, 3.05) is 25.5 Å². The first-order chi connectivity index (χ1) is 11.6. The van der Waals surface area contributed by atoms with Crippen LogP contribution in [0.15, 0.2) is 30.5 Å². The van der Waals surface area contributed by atoms with Gasteiger partial charge in [-0.05, 0) is 24.0 Å². The molecule has 1 unspecified atom stereocenters. The number of rotatable bonds is 4. The highest BCUT2D eigenvalue weighted by Crippen LogP contribution is 2.29. The number of anilines is 1. The molecule has 1 atom stereocenters. The molecule has 0 spiro atoms. The van der Waals surface area contributed by atoms with Crippen LogP contribution in [0.25, 0.3) is 0 Å². The second-order valence-electron chi connectivity index (χ2n) is 6.18. The number of hydrogen-bond donors (Lipinski definition) is 1. The molecule has 1 aliphatic rings. The van der Waals surface area contributed by atoms with E-state index in [4.69, 9.17) is 4.74 Å². The summed E-state index contributed by atoms with van der Waals surface area (Å²) in [6.45, 7) is 3.65. The molecule has 3 rings (SSSR count). The maximum atomic E-state index is 12.5. The summed E-state index contributed by atoms with van der Waals surface area (Å²) in [4.78, 5) is 14.3. The van der Waals surface area contributed by atoms with Gasteiger partial charge < -0.3 is 15.0 Å². The number of urea groups is 1. The molecule has 1 aromatic heterocycles. The van der Waals surface area contributed by atoms with Gasteiger partial charge in [-0.15, -0.1) is 5.10 Å². The van der Waals surface area contributed by atoms with Crippen molar-refractivity contribution in [3.8, 4) is 5.88 Å². The summed E-state index contributed by atoms with van der Waals surface area (Å²) in [5, 5.41) is 7.04. The summed E-state index contributed by atoms with van der Waals surface area (Å²) in [5.41, 5.74) is 3.25. The minimum Gasteiger partial charge on any atom is -0.478 e. The highest BCUT2D eigenvalue weighted by Gasteiger charge is 2.28. The Balaban J connectivity index is 1.63. The third-order valence-electron chi connectivity index (χ3n) is 4.56. The Kier molecular flexibility index (Phi) is 4.74. The molecule has 1 saturated heterocycles. The third kappa shape index (κ3) is 3.37. The summed E-state index contributed by atoms with van der Waals surface area (Å²) < 4.78 is 6.80. The average molecular weight is 328 g/mol. The second-order valence-corrected chi connectivity index (χ2v) is 6.18. The maximum absolute atomic E-state index is 12.5. The van der Waals surface area contributed by atoms with Gasteiger partial charge in [0, 0.05) is 26.1 Å². The molecule has 6 heteroatoms. The monoisotopic (exact) mass is 328 g/mol. The Hall–Kier alpha value is -2.50. The fourth-order valence-electron chi connectivity index (χ4n) is 3.14. The molecule has 0 radical (unpaired) electrons. The number of aryl methyl sites for hydroxylation is 2. The molecule has 0 aliphatic carbocycles. The zero-order chi connectivity index (χ0) is 17.1. The number of hydrogen-bond acceptors (Lipinski definition) is 3. The van der Waals surface area contributed by atoms with E-state index in [2.05, 4.69) is 41.6 Å². The molecule has 1 aromatic carbocycles. The fraction of sp³-hybridized carbons (Fsp3) is 0.444. The SMILES string of the molecule is CCc1ccc(C2CCN(C(=O)Nc3cn(C)nc3OC)C2)cc1. The lowest BCUT2D eigenvalue weighted by atomic mass is 9.97. The van der Waals surface area contributed by atoms with Crippen molar-refractivity contribution in [3.63, 3.8) is 0 Å². The molecule has 0 saturated carbocycles. The van der Waals surface area contributed by atoms with Gasteiger partial charge in [0.25, 0.3) is 5.88 Å². The van der Waals surface area contributed by atoms with Crippen molar-refractivity contribution in [2.45, 2.75) is 25.7 Å². The van der Waals surface area contributed by atoms with Crippen LogP contribution in [0.2, 0.25) is 0 Å². The zero-order valence-corrected chi connectivity index (χ0v) is 14.5. The number of nitrogens with zero attached hydrogens (tertiary/aromatic N) is 3. The zero-order valence-electron chi connectivity index (χ0n) is 14.5. The molecule has 6 nitrogen and oxygen atoms in total. The van der Waals surface area contributed by atoms with E-state index in [9.17, 15) is 4.79 Å². The van der Waals surface area contributed by atoms with E-state index in [-0.39, 0.29) is 6.03 Å². The highest BCUT2D eigenvalue weighted by atomic mass is 16.5. The molecule has 2 heterocycles. The first-order valence-corrected chi connectivity index (χ1v) is 8.33. The molecular weight excluding hydrogens is 304 g/mol. The Bertz CT molecular complexity index is 708. The number of methoxy groups -OCH3 is 1. The van der Waals surface area contributed by atoms with E-state index >= 15 is 0 Å². The highest BCUT2D eigenvalue weighted by molar-refractivity contribution is 5.90. The number of ether oxygens (including phenoxy) is 1. The van der Waals surface area contributed by atoms with Crippen molar-refractivity contribution < 1.29 is 9.53 Å². The van der Waals surface area contributed by atoms with Crippen LogP contribution >= 0.6 is 0 Å². The Labute approximate surface area is 142 Å². The van der Waals surface area contributed by atoms with Crippen LogP contribution in [-0.4, -0.2) is 40.9 Å². The van der Waals surface area contributed by atoms with Crippen molar-refractivity contribution in [1.82, 2.24) is 14.7 Å². The van der Waals surface area contributed by atoms with E-state index in [0.717, 1.165) is 25.9 Å². The van der Waals surface area contributed by atoms with Gasteiger partial charge >= 0.3 is 6.03 Å². The van der Waals surface area contributed by atoms with E-state index in [1.165, 1.54) is 11.1 Å². The molecule has 1 aliphatic heterocycles. The summed E-state index contributed by atoms with van der Waals surface area (Å²) in [7, 11) is 3.34. The van der Waals surface area contributed by atoms with Gasteiger partial charge in [-0.2, -0.15) is 0 Å². The van der Waals surface area contributed by atoms with Gasteiger partial charge in [0.1, 0.15) is 5.69 Å². The maximum Gasteiger partial charge on any atom is 0.322 e. The van der Waals surface area contributed by atoms with Gasteiger partial charge in [0.2, 0.25) is 0 Å². The van der Waals surface area contributed by atoms with Crippen LogP contribution in [0.5, 0.6) is 5.88 Å². The van der Waals surface area contributed by atoms with E-state index in [0.29, 0.717) is 17.5 Å². The van der Waals surface area contributed by atoms with Crippen LogP contribution < -0.4 is 10.1 Å². The largest absolute Gasteiger partial charge is 0.478 e. The van der Waals surface area contributed by atoms with E-state index < -0.39 is 0 Å². The van der Waals surface area contributed by atoms with Crippen molar-refractivity contribution in [3.05, 3.63) is 41.6 Å². The van der Waals surface area contributed by atoms with Gasteiger partial charge in [0.05, 0.1) is 13.3 Å². The van der Waals surface area contributed by atoms with Crippen LogP contribution in [0, 0.1) is 0 Å². The molecular formula is C18H24N4O2. The topological polar surface area (TPSA) is 59.4 Å². The number of nitrogens with one attached hydrogen (secondary N) is 1. The number of carbonyl (C=O) groups excluding carboxylic acids is 1. The first-order valence-electron chi connectivity index (χ1n) is 8.33. The Morgan fingerprint density at radius 2 is 2.12 bits per heavy atom. The third-order valence-corrected chi connectivity index (χ3v) is 4.56. The van der Waals surface area contributed by atoms with Gasteiger partial charge in [0.15, 0.2) is 0 Å². The molecule has 1 fully saturated rings. The van der Waals surface area contributed by atoms with Crippen molar-refractivity contribution in [2.24, 2.45) is 7.05 Å². The van der Waals surface area contributed by atoms with Crippen molar-refractivity contribution in [1.29, 1.82) is 0 Å². The fourth-order valence-corrected chi connectivity index (χ4v) is 3.14. The Morgan fingerprint density at radius 3 is 2.79 bits per heavy atom. The average Bonchev–Trinajstić information content (AvgIpc) is 3.21. The molecule has 1 N–H and O–H groups in total. The molecule has 24 heavy (non-hydrogen) atoms. The molecule has 2 amide bonds. The molecule has 0 bridgehead atoms. The predicted molar refractivity (Wildman–Crippen MR) is 93.5 cm³/mol. The molecule has 128 valence electrons. The minimum absolute atomic E-state index is 0.103. The van der Waals surface area contributed by atoms with Crippen LogP contribution in [0.1, 0.15) is 30.4 Å². The standard InChI is InChI=1S/C18H24N4O2/c1-4-13-5-7-14(8-6-13)15-9-10-22(11-15)18(23)19-16-12-21(2)20-17(16)24-3/h5-8,12,15H,4,9-11H2,1-3H3,(H,19,23). The quantitative estimate of drug-likeness (QED) is 0.938. The van der Waals surface area contributed by atoms with Crippen LogP contribution in [0.4, 0.5) is 10.5 Å². The lowest BCUT2D eigenvalue weighted by Gasteiger charge is -2.17. The predicted octanol–water partition coefficient (Wildman–Crippen LogP) is 3.01. The van der Waals surface area contributed by atoms with Crippen molar-refractivity contribution >= 4 is 11.7 Å². The Morgan fingerprint density at radius 1 is 1.38 bits per heavy atom. The molecule has 2 aromatic rings. The number of carbonyl (C=O) groups is 1. The lowest BCUT2D eigenvalue weighted by Crippen LogP contribution is -2.32. The van der Waals surface area contributed by atoms with Gasteiger partial charge in [-0.25, -0.2) is 4.79 Å². The normalized spacial score (nSPS) is 17.1. The first kappa shape index (κ1) is 16.4. The number of amides is 2. The summed E-state index contributed by atoms with van der Waals surface area (Å²) in [5.74, 6) is 0.828. The number of likely N-dealkylation sites (tertiary alicyclic amines) is 1. The van der Waals surface area contributed by atoms with Crippen LogP contribution in [-0.2, 0) is 13.5 Å². The van der Waals surface area contributed by atoms with E-state index in [1.54, 1.807) is 25.0 Å². The summed E-state index contributed by atoms with van der Waals surface area (Å²) >= 11 is 0. The number of benzene rings is 1. The summed E-state index contributed by atoms with van der Waals surface area (Å²) in [6, 6.07) is 8.63. The lowest BCUT2D eigenvalue weighted by molar-refractivity contribution is 0.222. The minimum atomic E-state index is -0.103. The smallest absolute Gasteiger partial charge is 0.322 e. The summed E-state index contributed by atoms with van der Waals surface area (Å²) in [6.07, 6.45) is 3.78. The van der Waals surface area contributed by atoms with Crippen LogP contribution in [0.3, 0.4) is 0 Å². The second kappa shape index (κ2) is 6.95. The van der Waals surface area contributed by atoms with Gasteiger partial charge in [-0.3, -0.25) is 4.68 Å². The van der Waals surface area contributed by atoms with E-state index in [1.807, 2.05) is 4.90 Å².